The maximum absolute atomic E-state index is 12.1. The van der Waals surface area contributed by atoms with Gasteiger partial charge in [-0.05, 0) is 43.3 Å². The summed E-state index contributed by atoms with van der Waals surface area (Å²) in [6.07, 6.45) is 0. The zero-order valence-corrected chi connectivity index (χ0v) is 11.5. The molecule has 21 heavy (non-hydrogen) atoms. The minimum atomic E-state index is -2.82. The number of ether oxygens (including phenoxy) is 2. The summed E-state index contributed by atoms with van der Waals surface area (Å²) in [6, 6.07) is 11.6. The van der Waals surface area contributed by atoms with Crippen LogP contribution in [0.2, 0.25) is 0 Å². The van der Waals surface area contributed by atoms with Gasteiger partial charge in [0.15, 0.2) is 0 Å². The molecule has 0 aliphatic rings. The van der Waals surface area contributed by atoms with Crippen LogP contribution < -0.4 is 20.5 Å². The first kappa shape index (κ1) is 14.9. The van der Waals surface area contributed by atoms with Crippen LogP contribution in [-0.2, 0) is 0 Å². The van der Waals surface area contributed by atoms with Gasteiger partial charge in [-0.3, -0.25) is 0 Å². The zero-order chi connectivity index (χ0) is 15.2. The molecule has 0 bridgehead atoms. The van der Waals surface area contributed by atoms with Crippen molar-refractivity contribution in [2.75, 3.05) is 17.7 Å². The molecule has 112 valence electrons. The van der Waals surface area contributed by atoms with Crippen LogP contribution in [0.4, 0.5) is 25.8 Å². The minimum absolute atomic E-state index is 0.114. The molecular formula is C15H16F2N2O2. The van der Waals surface area contributed by atoms with Gasteiger partial charge >= 0.3 is 6.61 Å². The summed E-state index contributed by atoms with van der Waals surface area (Å²) in [5.74, 6) is 0.711. The fourth-order valence-corrected chi connectivity index (χ4v) is 1.78. The number of nitrogen functional groups attached to an aromatic ring is 1. The second kappa shape index (κ2) is 6.78. The van der Waals surface area contributed by atoms with E-state index < -0.39 is 6.61 Å². The van der Waals surface area contributed by atoms with Crippen molar-refractivity contribution in [2.24, 2.45) is 0 Å². The van der Waals surface area contributed by atoms with Gasteiger partial charge in [0, 0.05) is 17.4 Å². The van der Waals surface area contributed by atoms with E-state index in [1.165, 1.54) is 12.1 Å². The van der Waals surface area contributed by atoms with Crippen molar-refractivity contribution in [1.29, 1.82) is 0 Å². The highest BCUT2D eigenvalue weighted by Gasteiger charge is 2.05. The zero-order valence-electron chi connectivity index (χ0n) is 11.5. The predicted octanol–water partition coefficient (Wildman–Crippen LogP) is 4.01. The van der Waals surface area contributed by atoms with Crippen molar-refractivity contribution in [2.45, 2.75) is 13.5 Å². The Labute approximate surface area is 121 Å². The van der Waals surface area contributed by atoms with Crippen LogP contribution in [0.15, 0.2) is 42.5 Å². The maximum atomic E-state index is 12.1. The molecule has 0 aromatic heterocycles. The van der Waals surface area contributed by atoms with Crippen molar-refractivity contribution in [3.8, 4) is 11.5 Å². The van der Waals surface area contributed by atoms with Crippen LogP contribution in [0.1, 0.15) is 6.92 Å². The number of halogens is 2. The third-order valence-corrected chi connectivity index (χ3v) is 2.68. The van der Waals surface area contributed by atoms with E-state index in [9.17, 15) is 8.78 Å². The Kier molecular flexibility index (Phi) is 4.81. The van der Waals surface area contributed by atoms with E-state index in [1.807, 2.05) is 6.92 Å². The Bertz CT molecular complexity index is 589. The van der Waals surface area contributed by atoms with Gasteiger partial charge in [0.25, 0.3) is 0 Å². The molecule has 0 saturated heterocycles. The van der Waals surface area contributed by atoms with Crippen molar-refractivity contribution in [3.63, 3.8) is 0 Å². The number of benzene rings is 2. The molecule has 0 spiro atoms. The molecule has 0 atom stereocenters. The van der Waals surface area contributed by atoms with Crippen LogP contribution in [-0.4, -0.2) is 13.2 Å². The quantitative estimate of drug-likeness (QED) is 0.790. The fraction of sp³-hybridized carbons (Fsp3) is 0.200. The van der Waals surface area contributed by atoms with Crippen molar-refractivity contribution in [3.05, 3.63) is 42.5 Å². The Morgan fingerprint density at radius 2 is 1.76 bits per heavy atom. The molecule has 0 aliphatic heterocycles. The average molecular weight is 294 g/mol. The van der Waals surface area contributed by atoms with Crippen molar-refractivity contribution >= 4 is 17.1 Å². The van der Waals surface area contributed by atoms with E-state index in [2.05, 4.69) is 10.1 Å². The number of rotatable bonds is 6. The summed E-state index contributed by atoms with van der Waals surface area (Å²) in [5, 5.41) is 3.13. The lowest BCUT2D eigenvalue weighted by atomic mass is 10.2. The molecule has 2 aromatic rings. The number of anilines is 3. The second-order valence-corrected chi connectivity index (χ2v) is 4.21. The van der Waals surface area contributed by atoms with E-state index in [0.717, 1.165) is 11.4 Å². The normalized spacial score (nSPS) is 10.5. The first-order valence-corrected chi connectivity index (χ1v) is 6.42. The van der Waals surface area contributed by atoms with E-state index in [-0.39, 0.29) is 5.75 Å². The first-order valence-electron chi connectivity index (χ1n) is 6.42. The summed E-state index contributed by atoms with van der Waals surface area (Å²) in [6.45, 7) is -0.427. The largest absolute Gasteiger partial charge is 0.492 e. The van der Waals surface area contributed by atoms with Gasteiger partial charge in [0.05, 0.1) is 12.3 Å². The Morgan fingerprint density at radius 1 is 1.10 bits per heavy atom. The lowest BCUT2D eigenvalue weighted by Gasteiger charge is -2.11. The predicted molar refractivity (Wildman–Crippen MR) is 78.4 cm³/mol. The molecular weight excluding hydrogens is 278 g/mol. The summed E-state index contributed by atoms with van der Waals surface area (Å²) in [7, 11) is 0. The lowest BCUT2D eigenvalue weighted by molar-refractivity contribution is -0.0498. The smallest absolute Gasteiger partial charge is 0.387 e. The molecule has 4 nitrogen and oxygen atoms in total. The summed E-state index contributed by atoms with van der Waals surface area (Å²) >= 11 is 0. The number of alkyl halides is 2. The number of hydrogen-bond acceptors (Lipinski definition) is 4. The van der Waals surface area contributed by atoms with E-state index >= 15 is 0 Å². The van der Waals surface area contributed by atoms with Gasteiger partial charge in [0.1, 0.15) is 11.5 Å². The lowest BCUT2D eigenvalue weighted by Crippen LogP contribution is -2.01. The SMILES string of the molecule is CCOc1cc(Nc2ccc(OC(F)F)cc2)ccc1N. The Hall–Kier alpha value is -2.50. The highest BCUT2D eigenvalue weighted by atomic mass is 19.3. The molecule has 0 heterocycles. The molecule has 3 N–H and O–H groups in total. The summed E-state index contributed by atoms with van der Waals surface area (Å²) < 4.78 is 33.8. The standard InChI is InChI=1S/C15H16F2N2O2/c1-2-20-14-9-11(5-8-13(14)18)19-10-3-6-12(7-4-10)21-15(16)17/h3-9,15,19H,2,18H2,1H3. The van der Waals surface area contributed by atoms with Gasteiger partial charge in [-0.1, -0.05) is 0 Å². The van der Waals surface area contributed by atoms with Gasteiger partial charge in [-0.2, -0.15) is 8.78 Å². The number of nitrogens with two attached hydrogens (primary N) is 1. The molecule has 0 fully saturated rings. The fourth-order valence-electron chi connectivity index (χ4n) is 1.78. The summed E-state index contributed by atoms with van der Waals surface area (Å²) in [4.78, 5) is 0. The van der Waals surface area contributed by atoms with Gasteiger partial charge in [-0.25, -0.2) is 0 Å². The Morgan fingerprint density at radius 3 is 2.38 bits per heavy atom. The highest BCUT2D eigenvalue weighted by Crippen LogP contribution is 2.28. The molecule has 6 heteroatoms. The molecule has 0 unspecified atom stereocenters. The van der Waals surface area contributed by atoms with Gasteiger partial charge < -0.3 is 20.5 Å². The van der Waals surface area contributed by atoms with Crippen LogP contribution >= 0.6 is 0 Å². The molecule has 0 radical (unpaired) electrons. The van der Waals surface area contributed by atoms with Crippen LogP contribution in [0.5, 0.6) is 11.5 Å². The molecule has 2 rings (SSSR count). The van der Waals surface area contributed by atoms with Gasteiger partial charge in [0.2, 0.25) is 0 Å². The molecule has 0 aliphatic carbocycles. The molecule has 0 saturated carbocycles. The summed E-state index contributed by atoms with van der Waals surface area (Å²) in [5.41, 5.74) is 7.88. The molecule has 0 amide bonds. The van der Waals surface area contributed by atoms with Gasteiger partial charge in [-0.15, -0.1) is 0 Å². The average Bonchev–Trinajstić information content (AvgIpc) is 2.44. The second-order valence-electron chi connectivity index (χ2n) is 4.21. The topological polar surface area (TPSA) is 56.5 Å². The monoisotopic (exact) mass is 294 g/mol. The Balaban J connectivity index is 2.09. The van der Waals surface area contributed by atoms with Crippen LogP contribution in [0.25, 0.3) is 0 Å². The number of hydrogen-bond donors (Lipinski definition) is 2. The number of nitrogens with one attached hydrogen (secondary N) is 1. The van der Waals surface area contributed by atoms with Crippen LogP contribution in [0.3, 0.4) is 0 Å². The third-order valence-electron chi connectivity index (χ3n) is 2.68. The highest BCUT2D eigenvalue weighted by molar-refractivity contribution is 5.67. The van der Waals surface area contributed by atoms with E-state index in [4.69, 9.17) is 10.5 Å². The minimum Gasteiger partial charge on any atom is -0.492 e. The van der Waals surface area contributed by atoms with Crippen LogP contribution in [0, 0.1) is 0 Å². The molecule has 2 aromatic carbocycles. The third kappa shape index (κ3) is 4.24. The van der Waals surface area contributed by atoms with E-state index in [1.54, 1.807) is 30.3 Å². The van der Waals surface area contributed by atoms with E-state index in [0.29, 0.717) is 18.0 Å². The van der Waals surface area contributed by atoms with Crippen molar-refractivity contribution in [1.82, 2.24) is 0 Å². The van der Waals surface area contributed by atoms with Crippen molar-refractivity contribution < 1.29 is 18.3 Å². The first-order chi connectivity index (χ1) is 10.1. The maximum Gasteiger partial charge on any atom is 0.387 e.